The molecule has 0 aliphatic carbocycles. The maximum atomic E-state index is 13.0. The monoisotopic (exact) mass is 493 g/mol. The number of phosphoric ester groups is 1. The molecule has 1 aliphatic heterocycles. The number of likely N-dealkylation sites (tertiary alicyclic amines) is 1. The van der Waals surface area contributed by atoms with E-state index in [-0.39, 0.29) is 34.6 Å². The lowest BCUT2D eigenvalue weighted by molar-refractivity contribution is 0.0632. The molecule has 2 aromatic carbocycles. The smallest absolute Gasteiger partial charge is 0.507 e. The summed E-state index contributed by atoms with van der Waals surface area (Å²) >= 11 is 6.36. The number of likely N-dealkylation sites (N-methyl/N-ethyl adjacent to an activating group) is 1. The van der Waals surface area contributed by atoms with Crippen molar-refractivity contribution in [2.45, 2.75) is 18.4 Å². The van der Waals surface area contributed by atoms with Crippen LogP contribution in [0.15, 0.2) is 39.5 Å². The van der Waals surface area contributed by atoms with Gasteiger partial charge in [0.25, 0.3) is 0 Å². The van der Waals surface area contributed by atoms with Gasteiger partial charge in [-0.05, 0) is 26.1 Å². The Morgan fingerprint density at radius 2 is 2.00 bits per heavy atom. The Labute approximate surface area is 194 Å². The number of aliphatic hydroxyl groups excluding tert-OH is 1. The number of nitrogens with zero attached hydrogens (tertiary/aromatic N) is 1. The van der Waals surface area contributed by atoms with Crippen molar-refractivity contribution >= 4 is 43.7 Å². The number of benzene rings is 2. The van der Waals surface area contributed by atoms with E-state index in [4.69, 9.17) is 20.5 Å². The van der Waals surface area contributed by atoms with Crippen molar-refractivity contribution in [1.82, 2.24) is 4.90 Å². The Hall–Kier alpha value is -2.33. The number of aromatic hydroxyl groups is 1. The number of hydrogen-bond donors (Lipinski definition) is 4. The van der Waals surface area contributed by atoms with Crippen LogP contribution in [-0.2, 0) is 4.57 Å². The van der Waals surface area contributed by atoms with E-state index < -0.39 is 31.0 Å². The maximum Gasteiger partial charge on any atom is 0.524 e. The molecule has 4 rings (SSSR count). The lowest BCUT2D eigenvalue weighted by atomic mass is 9.85. The predicted octanol–water partition coefficient (Wildman–Crippen LogP) is 1.33. The molecule has 174 valence electrons. The summed E-state index contributed by atoms with van der Waals surface area (Å²) in [5.41, 5.74) is 0.737. The van der Waals surface area contributed by atoms with Gasteiger partial charge in [0, 0.05) is 35.7 Å². The summed E-state index contributed by atoms with van der Waals surface area (Å²) in [6.07, 6.45) is -0.540. The second kappa shape index (κ2) is 8.79. The van der Waals surface area contributed by atoms with Gasteiger partial charge >= 0.3 is 7.82 Å². The van der Waals surface area contributed by atoms with Gasteiger partial charge in [0.15, 0.2) is 5.43 Å². The topological polar surface area (TPSA) is 141 Å². The van der Waals surface area contributed by atoms with Crippen molar-refractivity contribution < 1.29 is 33.5 Å². The number of fused-ring (bicyclic) bond motifs is 1. The SMILES string of the molecule is Bc1ccc(-c2cc(=O)c3c(O)cc(OP(=O)(O)O)c([C@H]4CCN(C)C[C@H]4O)c3o2)c(Cl)c1. The molecule has 0 radical (unpaired) electrons. The van der Waals surface area contributed by atoms with Gasteiger partial charge in [0.05, 0.1) is 11.1 Å². The molecule has 2 atom stereocenters. The van der Waals surface area contributed by atoms with Crippen LogP contribution in [0, 0.1) is 0 Å². The molecule has 4 N–H and O–H groups in total. The summed E-state index contributed by atoms with van der Waals surface area (Å²) in [6, 6.07) is 7.33. The average molecular weight is 494 g/mol. The highest BCUT2D eigenvalue weighted by Crippen LogP contribution is 2.48. The molecular formula is C21H22BClNO8P. The number of halogens is 1. The Balaban J connectivity index is 2.04. The Kier molecular flexibility index (Phi) is 6.35. The minimum Gasteiger partial charge on any atom is -0.507 e. The fourth-order valence-electron chi connectivity index (χ4n) is 4.25. The molecule has 33 heavy (non-hydrogen) atoms. The fourth-order valence-corrected chi connectivity index (χ4v) is 4.98. The molecule has 2 heterocycles. The van der Waals surface area contributed by atoms with Crippen molar-refractivity contribution in [2.24, 2.45) is 0 Å². The molecule has 1 aromatic heterocycles. The van der Waals surface area contributed by atoms with E-state index in [1.54, 1.807) is 18.2 Å². The van der Waals surface area contributed by atoms with Gasteiger partial charge in [-0.25, -0.2) is 4.57 Å². The number of phosphoric acid groups is 1. The predicted molar refractivity (Wildman–Crippen MR) is 126 cm³/mol. The molecule has 1 fully saturated rings. The van der Waals surface area contributed by atoms with Crippen LogP contribution in [0.5, 0.6) is 11.5 Å². The van der Waals surface area contributed by atoms with Crippen LogP contribution >= 0.6 is 19.4 Å². The number of β-amino-alcohol motifs (C(OH)–C–C–N with tert-alkyl or cyclic N) is 1. The molecular weight excluding hydrogens is 471 g/mol. The third-order valence-corrected chi connectivity index (χ3v) is 6.49. The van der Waals surface area contributed by atoms with E-state index in [1.165, 1.54) is 6.07 Å². The summed E-state index contributed by atoms with van der Waals surface area (Å²) in [5, 5.41) is 21.5. The van der Waals surface area contributed by atoms with E-state index in [0.29, 0.717) is 23.6 Å². The first-order chi connectivity index (χ1) is 15.4. The van der Waals surface area contributed by atoms with Crippen molar-refractivity contribution in [1.29, 1.82) is 0 Å². The Morgan fingerprint density at radius 3 is 2.64 bits per heavy atom. The van der Waals surface area contributed by atoms with Crippen LogP contribution in [0.25, 0.3) is 22.3 Å². The number of rotatable bonds is 4. The van der Waals surface area contributed by atoms with E-state index in [0.717, 1.165) is 11.5 Å². The summed E-state index contributed by atoms with van der Waals surface area (Å²) in [6.45, 7) is 0.864. The van der Waals surface area contributed by atoms with Gasteiger partial charge in [0.1, 0.15) is 36.1 Å². The van der Waals surface area contributed by atoms with Gasteiger partial charge < -0.3 is 24.1 Å². The van der Waals surface area contributed by atoms with Crippen LogP contribution < -0.4 is 15.4 Å². The minimum absolute atomic E-state index is 0.105. The van der Waals surface area contributed by atoms with E-state index in [2.05, 4.69) is 0 Å². The molecule has 12 heteroatoms. The zero-order valence-corrected chi connectivity index (χ0v) is 19.5. The lowest BCUT2D eigenvalue weighted by Gasteiger charge is -2.34. The zero-order valence-electron chi connectivity index (χ0n) is 17.9. The van der Waals surface area contributed by atoms with Crippen molar-refractivity contribution in [3.8, 4) is 22.8 Å². The van der Waals surface area contributed by atoms with E-state index in [9.17, 15) is 29.4 Å². The largest absolute Gasteiger partial charge is 0.524 e. The molecule has 1 aliphatic rings. The molecule has 0 unspecified atom stereocenters. The van der Waals surface area contributed by atoms with E-state index in [1.807, 2.05) is 19.8 Å². The molecule has 0 saturated carbocycles. The highest BCUT2D eigenvalue weighted by atomic mass is 35.5. The highest BCUT2D eigenvalue weighted by Gasteiger charge is 2.35. The van der Waals surface area contributed by atoms with Gasteiger partial charge in [0.2, 0.25) is 0 Å². The van der Waals surface area contributed by atoms with Crippen LogP contribution in [0.2, 0.25) is 5.02 Å². The van der Waals surface area contributed by atoms with Gasteiger partial charge in [-0.3, -0.25) is 14.6 Å². The molecule has 3 aromatic rings. The van der Waals surface area contributed by atoms with Gasteiger partial charge in [-0.2, -0.15) is 0 Å². The highest BCUT2D eigenvalue weighted by molar-refractivity contribution is 7.46. The first-order valence-electron chi connectivity index (χ1n) is 10.2. The number of aliphatic hydroxyl groups is 1. The van der Waals surface area contributed by atoms with Crippen LogP contribution in [0.3, 0.4) is 0 Å². The minimum atomic E-state index is -5.03. The standard InChI is InChI=1S/C21H22BClNO8P/c1-24-5-4-12(16(27)9-24)19-18(32-33(28,29)30)8-15(26)20-14(25)7-17(31-21(19)20)11-3-2-10(22)6-13(11)23/h2-3,6-8,12,16,26-27H,4-5,9,22H2,1H3,(H2,28,29,30)/t12-,16+/m0/s1. The van der Waals surface area contributed by atoms with Gasteiger partial charge in [-0.15, -0.1) is 0 Å². The van der Waals surface area contributed by atoms with Crippen molar-refractivity contribution in [3.63, 3.8) is 0 Å². The third-order valence-electron chi connectivity index (χ3n) is 5.74. The fraction of sp³-hybridized carbons (Fsp3) is 0.286. The Morgan fingerprint density at radius 1 is 1.27 bits per heavy atom. The van der Waals surface area contributed by atoms with Crippen LogP contribution in [0.4, 0.5) is 0 Å². The van der Waals surface area contributed by atoms with Gasteiger partial charge in [-0.1, -0.05) is 29.2 Å². The molecule has 0 bridgehead atoms. The second-order valence-corrected chi connectivity index (χ2v) is 9.85. The van der Waals surface area contributed by atoms with Crippen LogP contribution in [-0.4, -0.2) is 59.0 Å². The number of hydrogen-bond acceptors (Lipinski definition) is 7. The summed E-state index contributed by atoms with van der Waals surface area (Å²) in [5.74, 6) is -1.49. The molecule has 0 amide bonds. The molecule has 0 spiro atoms. The summed E-state index contributed by atoms with van der Waals surface area (Å²) in [7, 11) is -1.35. The van der Waals surface area contributed by atoms with Crippen molar-refractivity contribution in [2.75, 3.05) is 20.1 Å². The quantitative estimate of drug-likeness (QED) is 0.313. The second-order valence-electron chi connectivity index (χ2n) is 8.28. The maximum absolute atomic E-state index is 13.0. The number of phenolic OH excluding ortho intramolecular Hbond substituents is 1. The zero-order chi connectivity index (χ0) is 24.1. The summed E-state index contributed by atoms with van der Waals surface area (Å²) in [4.78, 5) is 33.8. The third kappa shape index (κ3) is 4.82. The first kappa shape index (κ1) is 23.8. The average Bonchev–Trinajstić information content (AvgIpc) is 2.67. The first-order valence-corrected chi connectivity index (χ1v) is 12.1. The molecule has 9 nitrogen and oxygen atoms in total. The Bertz CT molecular complexity index is 1340. The van der Waals surface area contributed by atoms with E-state index >= 15 is 0 Å². The number of phenols is 1. The van der Waals surface area contributed by atoms with Crippen LogP contribution in [0.1, 0.15) is 17.9 Å². The number of piperidine rings is 1. The normalized spacial score (nSPS) is 19.7. The summed E-state index contributed by atoms with van der Waals surface area (Å²) < 4.78 is 22.6. The molecule has 1 saturated heterocycles. The lowest BCUT2D eigenvalue weighted by Crippen LogP contribution is -2.40. The van der Waals surface area contributed by atoms with Crippen molar-refractivity contribution in [3.05, 3.63) is 51.1 Å².